The summed E-state index contributed by atoms with van der Waals surface area (Å²) in [6.45, 7) is 0. The van der Waals surface area contributed by atoms with Crippen molar-refractivity contribution in [2.75, 3.05) is 0 Å². The lowest BCUT2D eigenvalue weighted by atomic mass is 10.1. The smallest absolute Gasteiger partial charge is 0.160 e. The number of hydrogen-bond acceptors (Lipinski definition) is 1. The van der Waals surface area contributed by atoms with Crippen LogP contribution in [0.2, 0.25) is 0 Å². The van der Waals surface area contributed by atoms with E-state index in [9.17, 15) is 13.2 Å². The van der Waals surface area contributed by atoms with Crippen LogP contribution in [0.1, 0.15) is 18.4 Å². The molecule has 0 bridgehead atoms. The summed E-state index contributed by atoms with van der Waals surface area (Å²) in [7, 11) is 0. The molecule has 17 heavy (non-hydrogen) atoms. The number of terminal acetylenes is 1. The predicted octanol–water partition coefficient (Wildman–Crippen LogP) is 4.26. The van der Waals surface area contributed by atoms with Gasteiger partial charge in [0.2, 0.25) is 0 Å². The van der Waals surface area contributed by atoms with Crippen molar-refractivity contribution < 1.29 is 13.2 Å². The number of thioether (sulfide) groups is 1. The van der Waals surface area contributed by atoms with E-state index in [1.807, 2.05) is 30.3 Å². The van der Waals surface area contributed by atoms with Crippen LogP contribution in [-0.2, 0) is 6.42 Å². The van der Waals surface area contributed by atoms with Gasteiger partial charge in [-0.2, -0.15) is 13.2 Å². The van der Waals surface area contributed by atoms with Gasteiger partial charge in [-0.15, -0.1) is 6.42 Å². The molecule has 0 aliphatic carbocycles. The van der Waals surface area contributed by atoms with Gasteiger partial charge in [-0.05, 0) is 36.6 Å². The van der Waals surface area contributed by atoms with E-state index in [4.69, 9.17) is 6.42 Å². The Labute approximate surface area is 104 Å². The monoisotopic (exact) mass is 258 g/mol. The lowest BCUT2D eigenvalue weighted by Gasteiger charge is -2.12. The highest BCUT2D eigenvalue weighted by Crippen LogP contribution is 2.35. The summed E-state index contributed by atoms with van der Waals surface area (Å²) in [4.78, 5) is 0. The number of alkyl halides is 3. The summed E-state index contributed by atoms with van der Waals surface area (Å²) in [5.41, 5.74) is -3.12. The number of aryl methyl sites for hydroxylation is 1. The highest BCUT2D eigenvalue weighted by atomic mass is 32.2. The van der Waals surface area contributed by atoms with Gasteiger partial charge in [0.15, 0.2) is 0 Å². The van der Waals surface area contributed by atoms with E-state index in [0.717, 1.165) is 12.0 Å². The quantitative estimate of drug-likeness (QED) is 0.711. The topological polar surface area (TPSA) is 0 Å². The van der Waals surface area contributed by atoms with E-state index in [-0.39, 0.29) is 11.8 Å². The Morgan fingerprint density at radius 3 is 2.41 bits per heavy atom. The molecule has 0 amide bonds. The van der Waals surface area contributed by atoms with Crippen molar-refractivity contribution in [3.8, 4) is 12.3 Å². The molecule has 0 fully saturated rings. The minimum absolute atomic E-state index is 0.0991. The van der Waals surface area contributed by atoms with E-state index >= 15 is 0 Å². The van der Waals surface area contributed by atoms with Crippen LogP contribution in [0.4, 0.5) is 13.2 Å². The molecule has 0 aliphatic heterocycles. The van der Waals surface area contributed by atoms with Crippen molar-refractivity contribution in [2.45, 2.75) is 30.0 Å². The Kier molecular flexibility index (Phi) is 5.43. The van der Waals surface area contributed by atoms with Gasteiger partial charge >= 0.3 is 5.51 Å². The molecule has 0 aromatic heterocycles. The molecule has 0 radical (unpaired) electrons. The number of hydrogen-bond donors (Lipinski definition) is 0. The first-order valence-electron chi connectivity index (χ1n) is 5.26. The molecule has 0 aliphatic rings. The summed E-state index contributed by atoms with van der Waals surface area (Å²) in [5, 5.41) is -0.779. The van der Waals surface area contributed by atoms with Crippen molar-refractivity contribution in [3.63, 3.8) is 0 Å². The molecule has 0 heterocycles. The van der Waals surface area contributed by atoms with Gasteiger partial charge in [0.1, 0.15) is 0 Å². The minimum atomic E-state index is -4.25. The van der Waals surface area contributed by atoms with Crippen molar-refractivity contribution in [2.24, 2.45) is 0 Å². The molecule has 1 atom stereocenters. The highest BCUT2D eigenvalue weighted by Gasteiger charge is 2.31. The SMILES string of the molecule is C#C[C@H](CCCc1ccccc1)SC(F)(F)F. The van der Waals surface area contributed by atoms with Gasteiger partial charge in [-0.1, -0.05) is 36.3 Å². The number of halogens is 3. The average molecular weight is 258 g/mol. The van der Waals surface area contributed by atoms with Gasteiger partial charge < -0.3 is 0 Å². The van der Waals surface area contributed by atoms with Gasteiger partial charge in [-0.3, -0.25) is 0 Å². The maximum atomic E-state index is 12.1. The largest absolute Gasteiger partial charge is 0.443 e. The normalized spacial score (nSPS) is 13.1. The first-order chi connectivity index (χ1) is 8.01. The Bertz CT molecular complexity index is 364. The molecule has 4 heteroatoms. The Morgan fingerprint density at radius 2 is 1.88 bits per heavy atom. The maximum Gasteiger partial charge on any atom is 0.443 e. The first kappa shape index (κ1) is 14.0. The lowest BCUT2D eigenvalue weighted by Crippen LogP contribution is -2.10. The summed E-state index contributed by atoms with van der Waals surface area (Å²) in [6, 6.07) is 9.66. The summed E-state index contributed by atoms with van der Waals surface area (Å²) in [5.74, 6) is 2.19. The Hall–Kier alpha value is -1.08. The highest BCUT2D eigenvalue weighted by molar-refractivity contribution is 8.00. The van der Waals surface area contributed by atoms with Gasteiger partial charge in [0.05, 0.1) is 5.25 Å². The second kappa shape index (κ2) is 6.61. The fraction of sp³-hybridized carbons (Fsp3) is 0.385. The van der Waals surface area contributed by atoms with Crippen molar-refractivity contribution in [3.05, 3.63) is 35.9 Å². The first-order valence-corrected chi connectivity index (χ1v) is 6.14. The number of rotatable bonds is 5. The standard InChI is InChI=1S/C13H13F3S/c1-2-12(17-13(14,15)16)10-6-9-11-7-4-3-5-8-11/h1,3-5,7-8,12H,6,9-10H2/t12-/m1/s1. The van der Waals surface area contributed by atoms with Crippen LogP contribution in [0.25, 0.3) is 0 Å². The van der Waals surface area contributed by atoms with Crippen molar-refractivity contribution in [1.82, 2.24) is 0 Å². The third-order valence-electron chi connectivity index (χ3n) is 2.24. The van der Waals surface area contributed by atoms with Crippen LogP contribution < -0.4 is 0 Å². The Balaban J connectivity index is 2.32. The third kappa shape index (κ3) is 6.28. The molecular weight excluding hydrogens is 245 g/mol. The fourth-order valence-corrected chi connectivity index (χ4v) is 2.15. The van der Waals surface area contributed by atoms with Crippen LogP contribution >= 0.6 is 11.8 Å². The van der Waals surface area contributed by atoms with Gasteiger partial charge in [0.25, 0.3) is 0 Å². The van der Waals surface area contributed by atoms with Crippen LogP contribution in [0, 0.1) is 12.3 Å². The molecule has 1 aromatic carbocycles. The molecule has 0 N–H and O–H groups in total. The molecule has 0 saturated heterocycles. The Morgan fingerprint density at radius 1 is 1.24 bits per heavy atom. The van der Waals surface area contributed by atoms with E-state index in [1.165, 1.54) is 0 Å². The lowest BCUT2D eigenvalue weighted by molar-refractivity contribution is -0.0331. The molecule has 0 saturated carbocycles. The summed E-state index contributed by atoms with van der Waals surface area (Å²) in [6.07, 6.45) is 6.90. The van der Waals surface area contributed by atoms with E-state index in [2.05, 4.69) is 5.92 Å². The van der Waals surface area contributed by atoms with E-state index < -0.39 is 10.8 Å². The molecular formula is C13H13F3S. The van der Waals surface area contributed by atoms with Crippen LogP contribution in [-0.4, -0.2) is 10.8 Å². The van der Waals surface area contributed by atoms with E-state index in [0.29, 0.717) is 12.8 Å². The number of benzene rings is 1. The summed E-state index contributed by atoms with van der Waals surface area (Å²) >= 11 is -0.0991. The molecule has 92 valence electrons. The minimum Gasteiger partial charge on any atom is -0.160 e. The zero-order valence-electron chi connectivity index (χ0n) is 9.20. The fourth-order valence-electron chi connectivity index (χ4n) is 1.47. The van der Waals surface area contributed by atoms with Crippen molar-refractivity contribution >= 4 is 11.8 Å². The van der Waals surface area contributed by atoms with Crippen LogP contribution in [0.15, 0.2) is 30.3 Å². The van der Waals surface area contributed by atoms with Crippen LogP contribution in [0.5, 0.6) is 0 Å². The zero-order valence-corrected chi connectivity index (χ0v) is 10.0. The maximum absolute atomic E-state index is 12.1. The van der Waals surface area contributed by atoms with Crippen LogP contribution in [0.3, 0.4) is 0 Å². The summed E-state index contributed by atoms with van der Waals surface area (Å²) < 4.78 is 36.3. The molecule has 1 rings (SSSR count). The average Bonchev–Trinajstić information content (AvgIpc) is 2.27. The van der Waals surface area contributed by atoms with Gasteiger partial charge in [0, 0.05) is 0 Å². The molecule has 1 aromatic rings. The van der Waals surface area contributed by atoms with Gasteiger partial charge in [-0.25, -0.2) is 0 Å². The molecule has 0 unspecified atom stereocenters. The van der Waals surface area contributed by atoms with Crippen molar-refractivity contribution in [1.29, 1.82) is 0 Å². The molecule has 0 spiro atoms. The molecule has 0 nitrogen and oxygen atoms in total. The third-order valence-corrected chi connectivity index (χ3v) is 3.16. The van der Waals surface area contributed by atoms with E-state index in [1.54, 1.807) is 0 Å². The predicted molar refractivity (Wildman–Crippen MR) is 65.6 cm³/mol. The second-order valence-corrected chi connectivity index (χ2v) is 4.86. The second-order valence-electron chi connectivity index (χ2n) is 3.60. The zero-order chi connectivity index (χ0) is 12.7.